The number of thiazole rings is 1. The number of fused-ring (bicyclic) bond motifs is 2. The largest absolute Gasteiger partial charge is 0.452 e. The number of halogens is 1. The number of carbonyl (C=O) groups is 2. The first kappa shape index (κ1) is 17.1. The van der Waals surface area contributed by atoms with Gasteiger partial charge in [-0.05, 0) is 46.8 Å². The standard InChI is InChI=1S/C18H14BrN3O3S/c19-14-8-20-18(26-14)22-15(23)9-25-17(24)16-10-4-1-2-6-12(10)21-13-7-3-5-11(13)16/h1-2,4,6,8H,3,5,7,9H2,(H,20,22,23). The van der Waals surface area contributed by atoms with Gasteiger partial charge >= 0.3 is 5.97 Å². The molecule has 4 rings (SSSR count). The second-order valence-corrected chi connectivity index (χ2v) is 8.29. The maximum atomic E-state index is 12.7. The van der Waals surface area contributed by atoms with Crippen molar-refractivity contribution in [1.29, 1.82) is 0 Å². The van der Waals surface area contributed by atoms with E-state index in [-0.39, 0.29) is 6.61 Å². The highest BCUT2D eigenvalue weighted by molar-refractivity contribution is 9.11. The van der Waals surface area contributed by atoms with E-state index in [1.54, 1.807) is 6.20 Å². The molecule has 1 aliphatic rings. The van der Waals surface area contributed by atoms with Gasteiger partial charge in [0.2, 0.25) is 0 Å². The molecule has 1 amide bonds. The van der Waals surface area contributed by atoms with Crippen molar-refractivity contribution in [1.82, 2.24) is 9.97 Å². The van der Waals surface area contributed by atoms with Crippen LogP contribution in [-0.2, 0) is 22.4 Å². The fourth-order valence-corrected chi connectivity index (χ4v) is 4.24. The van der Waals surface area contributed by atoms with E-state index in [9.17, 15) is 9.59 Å². The Morgan fingerprint density at radius 1 is 1.27 bits per heavy atom. The molecule has 0 radical (unpaired) electrons. The number of esters is 1. The van der Waals surface area contributed by atoms with Crippen LogP contribution < -0.4 is 5.32 Å². The van der Waals surface area contributed by atoms with Crippen molar-refractivity contribution in [2.24, 2.45) is 0 Å². The first-order valence-corrected chi connectivity index (χ1v) is 9.71. The highest BCUT2D eigenvalue weighted by Gasteiger charge is 2.25. The van der Waals surface area contributed by atoms with Crippen LogP contribution in [0.2, 0.25) is 0 Å². The van der Waals surface area contributed by atoms with Crippen molar-refractivity contribution in [3.63, 3.8) is 0 Å². The monoisotopic (exact) mass is 431 g/mol. The van der Waals surface area contributed by atoms with Gasteiger partial charge in [0.1, 0.15) is 0 Å². The van der Waals surface area contributed by atoms with E-state index < -0.39 is 11.9 Å². The minimum Gasteiger partial charge on any atom is -0.452 e. The zero-order chi connectivity index (χ0) is 18.1. The Balaban J connectivity index is 1.54. The summed E-state index contributed by atoms with van der Waals surface area (Å²) in [6.07, 6.45) is 4.23. The number of aromatic nitrogens is 2. The highest BCUT2D eigenvalue weighted by atomic mass is 79.9. The molecule has 132 valence electrons. The zero-order valence-electron chi connectivity index (χ0n) is 13.6. The van der Waals surface area contributed by atoms with Gasteiger partial charge in [-0.2, -0.15) is 0 Å². The summed E-state index contributed by atoms with van der Waals surface area (Å²) in [6.45, 7) is -0.360. The Morgan fingerprint density at radius 2 is 2.12 bits per heavy atom. The summed E-state index contributed by atoms with van der Waals surface area (Å²) in [5.74, 6) is -0.910. The molecule has 8 heteroatoms. The molecule has 1 aliphatic carbocycles. The number of hydrogen-bond donors (Lipinski definition) is 1. The van der Waals surface area contributed by atoms with Crippen LogP contribution in [0.4, 0.5) is 5.13 Å². The molecular weight excluding hydrogens is 418 g/mol. The predicted molar refractivity (Wildman–Crippen MR) is 102 cm³/mol. The molecule has 1 N–H and O–H groups in total. The maximum Gasteiger partial charge on any atom is 0.339 e. The third-order valence-electron chi connectivity index (χ3n) is 4.18. The number of benzene rings is 1. The summed E-state index contributed by atoms with van der Waals surface area (Å²) < 4.78 is 6.10. The quantitative estimate of drug-likeness (QED) is 0.636. The number of aryl methyl sites for hydroxylation is 1. The molecule has 3 aromatic rings. The smallest absolute Gasteiger partial charge is 0.339 e. The molecular formula is C18H14BrN3O3S. The molecule has 0 saturated heterocycles. The molecule has 0 fully saturated rings. The number of amides is 1. The Morgan fingerprint density at radius 3 is 2.92 bits per heavy atom. The van der Waals surface area contributed by atoms with Crippen molar-refractivity contribution in [3.8, 4) is 0 Å². The summed E-state index contributed by atoms with van der Waals surface area (Å²) in [6, 6.07) is 7.52. The number of carbonyl (C=O) groups excluding carboxylic acids is 2. The van der Waals surface area contributed by atoms with Gasteiger partial charge in [0.15, 0.2) is 11.7 Å². The van der Waals surface area contributed by atoms with Crippen molar-refractivity contribution in [2.45, 2.75) is 19.3 Å². The van der Waals surface area contributed by atoms with Crippen molar-refractivity contribution < 1.29 is 14.3 Å². The minimum atomic E-state index is -0.489. The minimum absolute atomic E-state index is 0.360. The van der Waals surface area contributed by atoms with Crippen molar-refractivity contribution in [3.05, 3.63) is 51.1 Å². The maximum absolute atomic E-state index is 12.7. The van der Waals surface area contributed by atoms with Crippen LogP contribution in [0.25, 0.3) is 10.9 Å². The lowest BCUT2D eigenvalue weighted by atomic mass is 10.0. The van der Waals surface area contributed by atoms with E-state index in [0.29, 0.717) is 10.7 Å². The van der Waals surface area contributed by atoms with Gasteiger partial charge in [-0.15, -0.1) is 0 Å². The van der Waals surface area contributed by atoms with E-state index in [0.717, 1.165) is 45.2 Å². The second kappa shape index (κ2) is 7.13. The van der Waals surface area contributed by atoms with Crippen molar-refractivity contribution >= 4 is 55.2 Å². The molecule has 0 spiro atoms. The summed E-state index contributed by atoms with van der Waals surface area (Å²) in [5.41, 5.74) is 3.20. The lowest BCUT2D eigenvalue weighted by Gasteiger charge is -2.12. The number of rotatable bonds is 4. The average Bonchev–Trinajstić information content (AvgIpc) is 3.26. The zero-order valence-corrected chi connectivity index (χ0v) is 16.0. The first-order chi connectivity index (χ1) is 12.6. The lowest BCUT2D eigenvalue weighted by molar-refractivity contribution is -0.119. The Bertz CT molecular complexity index is 1020. The van der Waals surface area contributed by atoms with Gasteiger partial charge in [-0.25, -0.2) is 9.78 Å². The fraction of sp³-hybridized carbons (Fsp3) is 0.222. The van der Waals surface area contributed by atoms with Gasteiger partial charge in [-0.3, -0.25) is 15.1 Å². The Labute approximate surface area is 161 Å². The summed E-state index contributed by atoms with van der Waals surface area (Å²) in [5, 5.41) is 3.83. The average molecular weight is 432 g/mol. The molecule has 0 unspecified atom stereocenters. The van der Waals surface area contributed by atoms with E-state index in [4.69, 9.17) is 4.74 Å². The molecule has 2 aromatic heterocycles. The molecule has 0 aliphatic heterocycles. The fourth-order valence-electron chi connectivity index (χ4n) is 3.11. The number of pyridine rings is 1. The van der Waals surface area contributed by atoms with Gasteiger partial charge in [-0.1, -0.05) is 29.5 Å². The number of para-hydroxylation sites is 1. The number of ether oxygens (including phenoxy) is 1. The molecule has 0 saturated carbocycles. The number of hydrogen-bond acceptors (Lipinski definition) is 6. The van der Waals surface area contributed by atoms with Gasteiger partial charge in [0, 0.05) is 11.1 Å². The summed E-state index contributed by atoms with van der Waals surface area (Å²) in [7, 11) is 0. The van der Waals surface area contributed by atoms with E-state index >= 15 is 0 Å². The van der Waals surface area contributed by atoms with Gasteiger partial charge < -0.3 is 4.74 Å². The molecule has 26 heavy (non-hydrogen) atoms. The number of nitrogens with one attached hydrogen (secondary N) is 1. The number of anilines is 1. The highest BCUT2D eigenvalue weighted by Crippen LogP contribution is 2.30. The third kappa shape index (κ3) is 3.34. The van der Waals surface area contributed by atoms with Crippen LogP contribution in [0.1, 0.15) is 28.0 Å². The molecule has 2 heterocycles. The topological polar surface area (TPSA) is 81.2 Å². The summed E-state index contributed by atoms with van der Waals surface area (Å²) in [4.78, 5) is 33.4. The molecule has 0 bridgehead atoms. The van der Waals surface area contributed by atoms with Gasteiger partial charge in [0.05, 0.1) is 21.1 Å². The van der Waals surface area contributed by atoms with Crippen LogP contribution in [0.5, 0.6) is 0 Å². The van der Waals surface area contributed by atoms with E-state index in [1.807, 2.05) is 24.3 Å². The first-order valence-electron chi connectivity index (χ1n) is 8.10. The SMILES string of the molecule is O=C(COC(=O)c1c2c(nc3ccccc13)CCC2)Nc1ncc(Br)s1. The van der Waals surface area contributed by atoms with Gasteiger partial charge in [0.25, 0.3) is 5.91 Å². The Hall–Kier alpha value is -2.32. The lowest BCUT2D eigenvalue weighted by Crippen LogP contribution is -2.21. The van der Waals surface area contributed by atoms with Crippen LogP contribution >= 0.6 is 27.3 Å². The summed E-state index contributed by atoms with van der Waals surface area (Å²) >= 11 is 4.57. The van der Waals surface area contributed by atoms with Crippen LogP contribution in [-0.4, -0.2) is 28.5 Å². The Kier molecular flexibility index (Phi) is 4.69. The second-order valence-electron chi connectivity index (χ2n) is 5.88. The normalized spacial score (nSPS) is 12.8. The predicted octanol–water partition coefficient (Wildman–Crippen LogP) is 3.74. The van der Waals surface area contributed by atoms with Crippen LogP contribution in [0, 0.1) is 0 Å². The van der Waals surface area contributed by atoms with Crippen LogP contribution in [0.15, 0.2) is 34.2 Å². The molecule has 0 atom stereocenters. The third-order valence-corrected chi connectivity index (χ3v) is 5.57. The number of nitrogens with zero attached hydrogens (tertiary/aromatic N) is 2. The molecule has 1 aromatic carbocycles. The van der Waals surface area contributed by atoms with E-state index in [2.05, 4.69) is 31.2 Å². The molecule has 6 nitrogen and oxygen atoms in total. The van der Waals surface area contributed by atoms with E-state index in [1.165, 1.54) is 11.3 Å². The van der Waals surface area contributed by atoms with Crippen molar-refractivity contribution in [2.75, 3.05) is 11.9 Å². The van der Waals surface area contributed by atoms with Crippen LogP contribution in [0.3, 0.4) is 0 Å².